The zero-order chi connectivity index (χ0) is 27.7. The molecule has 6 aliphatic rings. The molecule has 6 fully saturated rings. The van der Waals surface area contributed by atoms with Gasteiger partial charge in [-0.3, -0.25) is 14.4 Å². The van der Waals surface area contributed by atoms with Crippen molar-refractivity contribution < 1.29 is 29.0 Å². The number of carboxylic acid groups (broad SMARTS) is 1. The van der Waals surface area contributed by atoms with Gasteiger partial charge in [0.05, 0.1) is 17.1 Å². The molecule has 6 rings (SSSR count). The molecule has 10 atom stereocenters. The van der Waals surface area contributed by atoms with Gasteiger partial charge in [-0.15, -0.1) is 0 Å². The van der Waals surface area contributed by atoms with Gasteiger partial charge < -0.3 is 14.6 Å². The highest BCUT2D eigenvalue weighted by molar-refractivity contribution is 5.86. The number of esters is 1. The maximum Gasteiger partial charge on any atom is 0.310 e. The summed E-state index contributed by atoms with van der Waals surface area (Å²) >= 11 is 0. The second-order valence-electron chi connectivity index (χ2n) is 15.7. The fourth-order valence-corrected chi connectivity index (χ4v) is 12.2. The Bertz CT molecular complexity index is 1080. The predicted molar refractivity (Wildman–Crippen MR) is 142 cm³/mol. The summed E-state index contributed by atoms with van der Waals surface area (Å²) in [5, 5.41) is 11.3. The zero-order valence-electron chi connectivity index (χ0n) is 24.5. The van der Waals surface area contributed by atoms with Crippen LogP contribution in [0.25, 0.3) is 0 Å². The van der Waals surface area contributed by atoms with Gasteiger partial charge in [0, 0.05) is 18.8 Å². The Labute approximate surface area is 228 Å². The molecule has 5 aliphatic carbocycles. The van der Waals surface area contributed by atoms with E-state index >= 15 is 0 Å². The number of hydrogen-bond acceptors (Lipinski definition) is 5. The Balaban J connectivity index is 1.41. The van der Waals surface area contributed by atoms with Gasteiger partial charge in [0.2, 0.25) is 0 Å². The van der Waals surface area contributed by atoms with Crippen LogP contribution >= 0.6 is 0 Å². The molecule has 0 bridgehead atoms. The number of carboxylic acids is 1. The van der Waals surface area contributed by atoms with Gasteiger partial charge >= 0.3 is 11.9 Å². The van der Waals surface area contributed by atoms with Crippen LogP contribution in [0.2, 0.25) is 0 Å². The van der Waals surface area contributed by atoms with Crippen molar-refractivity contribution in [1.29, 1.82) is 0 Å². The average molecular weight is 529 g/mol. The van der Waals surface area contributed by atoms with E-state index in [0.717, 1.165) is 51.4 Å². The van der Waals surface area contributed by atoms with Crippen LogP contribution in [0.15, 0.2) is 0 Å². The molecule has 38 heavy (non-hydrogen) atoms. The van der Waals surface area contributed by atoms with Crippen molar-refractivity contribution in [3.63, 3.8) is 0 Å². The standard InChI is InChI=1S/C32H48O6/c1-18-8-11-24(37-19(2)33)28(5,6)38-20-16-32(26(35)36)22-10-9-21-27(3,4)23(34)12-13-30(21)17-31(22,30)15-14-29(32,7)25(18)20/h18,20-22,24-25H,8-17H2,1-7H3,(H,35,36)/t18-,20-,21+,22-,24-,25-,29-,30-,31+,32+/m1/s1. The minimum absolute atomic E-state index is 0.0461. The van der Waals surface area contributed by atoms with Crippen molar-refractivity contribution in [1.82, 2.24) is 0 Å². The van der Waals surface area contributed by atoms with Gasteiger partial charge in [-0.25, -0.2) is 0 Å². The second-order valence-corrected chi connectivity index (χ2v) is 15.7. The summed E-state index contributed by atoms with van der Waals surface area (Å²) in [5.74, 6) is 0.410. The Hall–Kier alpha value is -1.43. The van der Waals surface area contributed by atoms with Gasteiger partial charge in [-0.05, 0) is 112 Å². The van der Waals surface area contributed by atoms with Crippen LogP contribution in [-0.2, 0) is 23.9 Å². The van der Waals surface area contributed by atoms with Crippen LogP contribution in [0.5, 0.6) is 0 Å². The minimum Gasteiger partial charge on any atom is -0.481 e. The molecule has 0 aromatic rings. The summed E-state index contributed by atoms with van der Waals surface area (Å²) in [6, 6.07) is 0. The summed E-state index contributed by atoms with van der Waals surface area (Å²) in [5.41, 5.74) is -1.99. The summed E-state index contributed by atoms with van der Waals surface area (Å²) in [6.45, 7) is 14.3. The SMILES string of the molecule is CC(=O)O[C@@H]1CC[C@@H](C)[C@@H]2[C@@H](C[C@@]3(C(=O)O)[C@@H]4CC[C@H]5C(C)(C)C(=O)CC[C@@]56C[C@@]46CC[C@]23C)OC1(C)C. The van der Waals surface area contributed by atoms with Crippen LogP contribution < -0.4 is 0 Å². The van der Waals surface area contributed by atoms with Crippen molar-refractivity contribution >= 4 is 17.7 Å². The fraction of sp³-hybridized carbons (Fsp3) is 0.906. The molecule has 1 saturated heterocycles. The first kappa shape index (κ1) is 26.8. The van der Waals surface area contributed by atoms with E-state index in [-0.39, 0.29) is 57.6 Å². The molecule has 212 valence electrons. The molecule has 0 radical (unpaired) electrons. The van der Waals surface area contributed by atoms with E-state index in [1.54, 1.807) is 0 Å². The Morgan fingerprint density at radius 2 is 1.61 bits per heavy atom. The molecule has 1 heterocycles. The first-order valence-corrected chi connectivity index (χ1v) is 15.2. The molecule has 5 saturated carbocycles. The predicted octanol–water partition coefficient (Wildman–Crippen LogP) is 6.19. The molecule has 0 amide bonds. The number of Topliss-reactive ketones (excluding diaryl/α,β-unsaturated/α-hetero) is 1. The lowest BCUT2D eigenvalue weighted by atomic mass is 9.41. The summed E-state index contributed by atoms with van der Waals surface area (Å²) in [6.07, 6.45) is 8.21. The van der Waals surface area contributed by atoms with Crippen molar-refractivity contribution in [3.8, 4) is 0 Å². The van der Waals surface area contributed by atoms with Gasteiger partial charge in [0.1, 0.15) is 11.9 Å². The third-order valence-electron chi connectivity index (χ3n) is 13.7. The van der Waals surface area contributed by atoms with E-state index in [1.807, 2.05) is 13.8 Å². The van der Waals surface area contributed by atoms with Gasteiger partial charge in [-0.1, -0.05) is 27.7 Å². The van der Waals surface area contributed by atoms with E-state index < -0.39 is 17.0 Å². The molecular weight excluding hydrogens is 480 g/mol. The van der Waals surface area contributed by atoms with E-state index in [2.05, 4.69) is 27.7 Å². The normalized spacial score (nSPS) is 52.1. The van der Waals surface area contributed by atoms with Crippen LogP contribution in [0, 0.1) is 50.7 Å². The lowest BCUT2D eigenvalue weighted by Gasteiger charge is -2.61. The number of rotatable bonds is 2. The van der Waals surface area contributed by atoms with E-state index in [4.69, 9.17) is 9.47 Å². The Morgan fingerprint density at radius 3 is 2.26 bits per heavy atom. The summed E-state index contributed by atoms with van der Waals surface area (Å²) in [7, 11) is 0. The highest BCUT2D eigenvalue weighted by Gasteiger charge is 2.85. The van der Waals surface area contributed by atoms with Crippen molar-refractivity contribution in [2.45, 2.75) is 130 Å². The zero-order valence-corrected chi connectivity index (χ0v) is 24.5. The third-order valence-corrected chi connectivity index (χ3v) is 13.7. The quantitative estimate of drug-likeness (QED) is 0.430. The highest BCUT2D eigenvalue weighted by Crippen LogP contribution is 2.89. The fourth-order valence-electron chi connectivity index (χ4n) is 12.2. The topological polar surface area (TPSA) is 89.9 Å². The molecule has 6 heteroatoms. The van der Waals surface area contributed by atoms with Gasteiger partial charge in [0.25, 0.3) is 0 Å². The molecule has 0 aromatic carbocycles. The number of carbonyl (C=O) groups excluding carboxylic acids is 2. The van der Waals surface area contributed by atoms with E-state index in [1.165, 1.54) is 6.92 Å². The number of ketones is 1. The van der Waals surface area contributed by atoms with E-state index in [0.29, 0.717) is 24.5 Å². The lowest BCUT2D eigenvalue weighted by Crippen LogP contribution is -2.60. The maximum absolute atomic E-state index is 13.7. The molecular formula is C32H48O6. The average Bonchev–Trinajstić information content (AvgIpc) is 3.40. The Morgan fingerprint density at radius 1 is 0.947 bits per heavy atom. The molecule has 1 aliphatic heterocycles. The first-order chi connectivity index (χ1) is 17.6. The van der Waals surface area contributed by atoms with Gasteiger partial charge in [0.15, 0.2) is 0 Å². The second kappa shape index (κ2) is 7.85. The number of carbonyl (C=O) groups is 3. The smallest absolute Gasteiger partial charge is 0.310 e. The van der Waals surface area contributed by atoms with Crippen LogP contribution in [-0.4, -0.2) is 40.6 Å². The largest absolute Gasteiger partial charge is 0.481 e. The third kappa shape index (κ3) is 3.02. The molecule has 1 N–H and O–H groups in total. The van der Waals surface area contributed by atoms with Crippen molar-refractivity contribution in [3.05, 3.63) is 0 Å². The number of aliphatic carboxylic acids is 1. The first-order valence-electron chi connectivity index (χ1n) is 15.2. The van der Waals surface area contributed by atoms with Crippen LogP contribution in [0.3, 0.4) is 0 Å². The Kier molecular flexibility index (Phi) is 5.53. The van der Waals surface area contributed by atoms with Crippen molar-refractivity contribution in [2.24, 2.45) is 50.7 Å². The van der Waals surface area contributed by atoms with Crippen LogP contribution in [0.1, 0.15) is 113 Å². The molecule has 0 aromatic heterocycles. The minimum atomic E-state index is -0.827. The summed E-state index contributed by atoms with van der Waals surface area (Å²) < 4.78 is 12.7. The summed E-state index contributed by atoms with van der Waals surface area (Å²) in [4.78, 5) is 38.6. The lowest BCUT2D eigenvalue weighted by molar-refractivity contribution is -0.196. The monoisotopic (exact) mass is 528 g/mol. The number of ether oxygens (including phenoxy) is 2. The number of hydrogen-bond donors (Lipinski definition) is 1. The highest BCUT2D eigenvalue weighted by atomic mass is 16.6. The molecule has 6 nitrogen and oxygen atoms in total. The van der Waals surface area contributed by atoms with Crippen molar-refractivity contribution in [2.75, 3.05) is 0 Å². The molecule has 0 unspecified atom stereocenters. The number of fused-ring (bicyclic) bond motifs is 4. The van der Waals surface area contributed by atoms with E-state index in [9.17, 15) is 19.5 Å². The maximum atomic E-state index is 13.7. The molecule has 2 spiro atoms. The van der Waals surface area contributed by atoms with Gasteiger partial charge in [-0.2, -0.15) is 0 Å². The van der Waals surface area contributed by atoms with Crippen LogP contribution in [0.4, 0.5) is 0 Å².